The number of phenolic OH excluding ortho intramolecular Hbond substituents is 1. The molecule has 7 N–H and O–H groups in total. The number of aryl methyl sites for hydroxylation is 2. The van der Waals surface area contributed by atoms with E-state index < -0.39 is 41.9 Å². The van der Waals surface area contributed by atoms with Crippen molar-refractivity contribution < 1.29 is 24.3 Å². The van der Waals surface area contributed by atoms with Gasteiger partial charge in [-0.05, 0) is 60.9 Å². The SMILES string of the molecule is Cc1cc(C[C@H](N)C(=O)N2CCC[C@H]2C(=O)N[C@@H](Cc2ccccc2)C(=O)N[C@@H](Cc2ccccc2)C(N)=O)cc(C)c1O. The van der Waals surface area contributed by atoms with Crippen molar-refractivity contribution in [2.45, 2.75) is 70.1 Å². The van der Waals surface area contributed by atoms with E-state index in [1.54, 1.807) is 26.0 Å². The van der Waals surface area contributed by atoms with Gasteiger partial charge in [0.15, 0.2) is 0 Å². The van der Waals surface area contributed by atoms with E-state index in [0.717, 1.165) is 16.7 Å². The molecular formula is C34H41N5O5. The Labute approximate surface area is 257 Å². The molecule has 0 bridgehead atoms. The van der Waals surface area contributed by atoms with Gasteiger partial charge in [-0.3, -0.25) is 19.2 Å². The molecule has 4 rings (SSSR count). The van der Waals surface area contributed by atoms with Gasteiger partial charge in [0.2, 0.25) is 23.6 Å². The molecule has 232 valence electrons. The summed E-state index contributed by atoms with van der Waals surface area (Å²) in [4.78, 5) is 54.4. The highest BCUT2D eigenvalue weighted by atomic mass is 16.3. The van der Waals surface area contributed by atoms with E-state index in [-0.39, 0.29) is 30.9 Å². The minimum absolute atomic E-state index is 0.176. The Kier molecular flexibility index (Phi) is 10.7. The standard InChI is InChI=1S/C34H41N5O5/c1-21-16-25(17-22(2)30(21)40)18-26(35)34(44)39-15-9-14-29(39)33(43)38-28(20-24-12-7-4-8-13-24)32(42)37-27(31(36)41)19-23-10-5-3-6-11-23/h3-8,10-13,16-17,26-29,40H,9,14-15,18-20,35H2,1-2H3,(H2,36,41)(H,37,42)(H,38,43)/t26-,27-,28-,29-/m0/s1. The number of nitrogens with zero attached hydrogens (tertiary/aromatic N) is 1. The number of phenols is 1. The van der Waals surface area contributed by atoms with Crippen molar-refractivity contribution in [3.05, 3.63) is 101 Å². The second-order valence-electron chi connectivity index (χ2n) is 11.5. The average molecular weight is 600 g/mol. The second kappa shape index (κ2) is 14.7. The number of hydrogen-bond donors (Lipinski definition) is 5. The molecule has 1 saturated heterocycles. The van der Waals surface area contributed by atoms with E-state index in [9.17, 15) is 24.3 Å². The lowest BCUT2D eigenvalue weighted by molar-refractivity contribution is -0.140. The lowest BCUT2D eigenvalue weighted by Crippen LogP contribution is -2.58. The van der Waals surface area contributed by atoms with Gasteiger partial charge in [0.1, 0.15) is 23.9 Å². The molecule has 1 aliphatic rings. The topological polar surface area (TPSA) is 168 Å². The number of benzene rings is 3. The molecule has 1 heterocycles. The fourth-order valence-electron chi connectivity index (χ4n) is 5.69. The zero-order valence-electron chi connectivity index (χ0n) is 25.2. The van der Waals surface area contributed by atoms with Gasteiger partial charge < -0.3 is 32.1 Å². The first-order valence-corrected chi connectivity index (χ1v) is 14.9. The van der Waals surface area contributed by atoms with Gasteiger partial charge in [-0.15, -0.1) is 0 Å². The van der Waals surface area contributed by atoms with E-state index in [1.807, 2.05) is 60.7 Å². The molecule has 4 atom stereocenters. The van der Waals surface area contributed by atoms with Crippen LogP contribution in [0.5, 0.6) is 5.75 Å². The van der Waals surface area contributed by atoms with Crippen molar-refractivity contribution in [2.75, 3.05) is 6.54 Å². The number of carbonyl (C=O) groups is 4. The predicted molar refractivity (Wildman–Crippen MR) is 167 cm³/mol. The predicted octanol–water partition coefficient (Wildman–Crippen LogP) is 1.81. The third-order valence-electron chi connectivity index (χ3n) is 8.02. The van der Waals surface area contributed by atoms with Gasteiger partial charge in [0.05, 0.1) is 6.04 Å². The summed E-state index contributed by atoms with van der Waals surface area (Å²) in [7, 11) is 0. The van der Waals surface area contributed by atoms with Gasteiger partial charge in [-0.1, -0.05) is 72.8 Å². The molecule has 10 heteroatoms. The van der Waals surface area contributed by atoms with Crippen molar-refractivity contribution >= 4 is 23.6 Å². The summed E-state index contributed by atoms with van der Waals surface area (Å²) in [6, 6.07) is 18.3. The first-order valence-electron chi connectivity index (χ1n) is 14.9. The van der Waals surface area contributed by atoms with Crippen LogP contribution in [-0.2, 0) is 38.4 Å². The summed E-state index contributed by atoms with van der Waals surface area (Å²) in [6.45, 7) is 3.94. The molecule has 10 nitrogen and oxygen atoms in total. The van der Waals surface area contributed by atoms with Gasteiger partial charge >= 0.3 is 0 Å². The maximum Gasteiger partial charge on any atom is 0.243 e. The van der Waals surface area contributed by atoms with E-state index in [1.165, 1.54) is 4.90 Å². The molecule has 1 fully saturated rings. The van der Waals surface area contributed by atoms with Crippen LogP contribution >= 0.6 is 0 Å². The Bertz CT molecular complexity index is 1460. The Balaban J connectivity index is 1.47. The number of carbonyl (C=O) groups excluding carboxylic acids is 4. The lowest BCUT2D eigenvalue weighted by Gasteiger charge is -2.29. The summed E-state index contributed by atoms with van der Waals surface area (Å²) in [5.41, 5.74) is 15.8. The molecule has 4 amide bonds. The largest absolute Gasteiger partial charge is 0.507 e. The first-order chi connectivity index (χ1) is 21.0. The fourth-order valence-corrected chi connectivity index (χ4v) is 5.69. The maximum atomic E-state index is 13.6. The van der Waals surface area contributed by atoms with E-state index in [4.69, 9.17) is 11.5 Å². The minimum Gasteiger partial charge on any atom is -0.507 e. The third-order valence-corrected chi connectivity index (χ3v) is 8.02. The van der Waals surface area contributed by atoms with Gasteiger partial charge in [-0.25, -0.2) is 0 Å². The lowest BCUT2D eigenvalue weighted by atomic mass is 9.99. The monoisotopic (exact) mass is 599 g/mol. The molecule has 0 aromatic heterocycles. The first kappa shape index (κ1) is 32.2. The van der Waals surface area contributed by atoms with Crippen molar-refractivity contribution in [1.82, 2.24) is 15.5 Å². The van der Waals surface area contributed by atoms with Crippen LogP contribution in [0.2, 0.25) is 0 Å². The minimum atomic E-state index is -1.02. The van der Waals surface area contributed by atoms with Crippen molar-refractivity contribution in [1.29, 1.82) is 0 Å². The van der Waals surface area contributed by atoms with Crippen LogP contribution in [-0.4, -0.2) is 64.3 Å². The smallest absolute Gasteiger partial charge is 0.243 e. The number of nitrogens with two attached hydrogens (primary N) is 2. The molecule has 0 saturated carbocycles. The van der Waals surface area contributed by atoms with Gasteiger partial charge in [-0.2, -0.15) is 0 Å². The van der Waals surface area contributed by atoms with Crippen LogP contribution in [0.25, 0.3) is 0 Å². The Morgan fingerprint density at radius 1 is 0.841 bits per heavy atom. The highest BCUT2D eigenvalue weighted by molar-refractivity contribution is 5.95. The second-order valence-corrected chi connectivity index (χ2v) is 11.5. The number of amides is 4. The number of hydrogen-bond acceptors (Lipinski definition) is 6. The van der Waals surface area contributed by atoms with Crippen LogP contribution in [0, 0.1) is 13.8 Å². The zero-order valence-corrected chi connectivity index (χ0v) is 25.2. The molecule has 0 aliphatic carbocycles. The van der Waals surface area contributed by atoms with Gasteiger partial charge in [0.25, 0.3) is 0 Å². The Morgan fingerprint density at radius 2 is 1.39 bits per heavy atom. The molecule has 0 spiro atoms. The van der Waals surface area contributed by atoms with Crippen molar-refractivity contribution in [3.63, 3.8) is 0 Å². The maximum absolute atomic E-state index is 13.6. The van der Waals surface area contributed by atoms with E-state index >= 15 is 0 Å². The van der Waals surface area contributed by atoms with Crippen molar-refractivity contribution in [3.8, 4) is 5.75 Å². The summed E-state index contributed by atoms with van der Waals surface area (Å²) in [5.74, 6) is -1.85. The van der Waals surface area contributed by atoms with E-state index in [2.05, 4.69) is 10.6 Å². The fraction of sp³-hybridized carbons (Fsp3) is 0.353. The molecule has 1 aliphatic heterocycles. The number of likely N-dealkylation sites (tertiary alicyclic amines) is 1. The normalized spacial score (nSPS) is 16.5. The third kappa shape index (κ3) is 8.23. The Morgan fingerprint density at radius 3 is 1.93 bits per heavy atom. The highest BCUT2D eigenvalue weighted by Crippen LogP contribution is 2.24. The van der Waals surface area contributed by atoms with Crippen LogP contribution in [0.1, 0.15) is 40.7 Å². The number of rotatable bonds is 12. The van der Waals surface area contributed by atoms with Crippen molar-refractivity contribution in [2.24, 2.45) is 11.5 Å². The number of nitrogens with one attached hydrogen (secondary N) is 2. The van der Waals surface area contributed by atoms with Gasteiger partial charge in [0, 0.05) is 19.4 Å². The Hall–Kier alpha value is -4.70. The van der Waals surface area contributed by atoms with Crippen LogP contribution in [0.4, 0.5) is 0 Å². The highest BCUT2D eigenvalue weighted by Gasteiger charge is 2.38. The van der Waals surface area contributed by atoms with E-state index in [0.29, 0.717) is 30.5 Å². The zero-order chi connectivity index (χ0) is 31.8. The van der Waals surface area contributed by atoms with Crippen LogP contribution < -0.4 is 22.1 Å². The number of aromatic hydroxyl groups is 1. The molecule has 3 aromatic rings. The number of primary amides is 1. The summed E-state index contributed by atoms with van der Waals surface area (Å²) >= 11 is 0. The summed E-state index contributed by atoms with van der Waals surface area (Å²) in [6.07, 6.45) is 1.68. The van der Waals surface area contributed by atoms with Crippen LogP contribution in [0.15, 0.2) is 72.8 Å². The molecule has 44 heavy (non-hydrogen) atoms. The summed E-state index contributed by atoms with van der Waals surface area (Å²) < 4.78 is 0. The molecule has 0 unspecified atom stereocenters. The summed E-state index contributed by atoms with van der Waals surface area (Å²) in [5, 5.41) is 15.7. The quantitative estimate of drug-likeness (QED) is 0.213. The molecular weight excluding hydrogens is 558 g/mol. The molecule has 3 aromatic carbocycles. The average Bonchev–Trinajstić information content (AvgIpc) is 3.50. The molecule has 0 radical (unpaired) electrons. The van der Waals surface area contributed by atoms with Crippen LogP contribution in [0.3, 0.4) is 0 Å².